The van der Waals surface area contributed by atoms with E-state index in [1.54, 1.807) is 6.20 Å². The van der Waals surface area contributed by atoms with Gasteiger partial charge in [0.1, 0.15) is 6.10 Å². The van der Waals surface area contributed by atoms with Gasteiger partial charge < -0.3 is 5.11 Å². The van der Waals surface area contributed by atoms with E-state index in [2.05, 4.69) is 15.7 Å². The maximum Gasteiger partial charge on any atom is 0.112 e. The van der Waals surface area contributed by atoms with Crippen LogP contribution >= 0.6 is 11.5 Å². The molecule has 0 aromatic carbocycles. The highest BCUT2D eigenvalue weighted by molar-refractivity contribution is 7.05. The molecule has 2 rings (SSSR count). The summed E-state index contributed by atoms with van der Waals surface area (Å²) in [7, 11) is 0. The van der Waals surface area contributed by atoms with E-state index in [0.29, 0.717) is 0 Å². The van der Waals surface area contributed by atoms with Crippen LogP contribution in [0.25, 0.3) is 0 Å². The van der Waals surface area contributed by atoms with Gasteiger partial charge in [-0.25, -0.2) is 0 Å². The van der Waals surface area contributed by atoms with Gasteiger partial charge in [0.2, 0.25) is 0 Å². The zero-order valence-corrected chi connectivity index (χ0v) is 9.54. The fourth-order valence-electron chi connectivity index (χ4n) is 1.94. The van der Waals surface area contributed by atoms with Crippen molar-refractivity contribution in [2.75, 3.05) is 0 Å². The van der Waals surface area contributed by atoms with E-state index in [-0.39, 0.29) is 0 Å². The van der Waals surface area contributed by atoms with Crippen LogP contribution in [0.15, 0.2) is 17.8 Å². The average molecular weight is 224 g/mol. The lowest BCUT2D eigenvalue weighted by Gasteiger charge is -2.15. The van der Waals surface area contributed by atoms with E-state index >= 15 is 0 Å². The molecule has 0 radical (unpaired) electrons. The quantitative estimate of drug-likeness (QED) is 0.786. The fourth-order valence-corrected chi connectivity index (χ4v) is 2.48. The van der Waals surface area contributed by atoms with Crippen LogP contribution in [0.3, 0.4) is 0 Å². The second-order valence-electron chi connectivity index (χ2n) is 3.95. The van der Waals surface area contributed by atoms with E-state index in [1.807, 2.05) is 0 Å². The van der Waals surface area contributed by atoms with Crippen molar-refractivity contribution in [3.05, 3.63) is 22.7 Å². The molecular formula is C11H16N2OS. The molecule has 1 aliphatic rings. The Morgan fingerprint density at radius 1 is 1.27 bits per heavy atom. The third-order valence-corrected chi connectivity index (χ3v) is 3.54. The van der Waals surface area contributed by atoms with Crippen molar-refractivity contribution in [2.45, 2.75) is 44.6 Å². The molecule has 1 aromatic heterocycles. The maximum absolute atomic E-state index is 10.1. The zero-order valence-electron chi connectivity index (χ0n) is 8.72. The molecule has 3 nitrogen and oxygen atoms in total. The summed E-state index contributed by atoms with van der Waals surface area (Å²) in [5, 5.41) is 13.9. The Balaban J connectivity index is 2.07. The van der Waals surface area contributed by atoms with Crippen LogP contribution < -0.4 is 0 Å². The first-order chi connectivity index (χ1) is 7.38. The molecule has 1 aromatic rings. The second kappa shape index (κ2) is 5.37. The van der Waals surface area contributed by atoms with E-state index in [0.717, 1.165) is 23.3 Å². The highest BCUT2D eigenvalue weighted by Gasteiger charge is 2.15. The Hall–Kier alpha value is -0.740. The molecule has 1 N–H and O–H groups in total. The molecule has 1 unspecified atom stereocenters. The van der Waals surface area contributed by atoms with Gasteiger partial charge in [-0.15, -0.1) is 5.10 Å². The van der Waals surface area contributed by atoms with Crippen molar-refractivity contribution < 1.29 is 5.11 Å². The van der Waals surface area contributed by atoms with Crippen molar-refractivity contribution in [1.29, 1.82) is 0 Å². The predicted molar refractivity (Wildman–Crippen MR) is 60.7 cm³/mol. The number of aliphatic hydroxyl groups excluding tert-OH is 1. The minimum Gasteiger partial charge on any atom is -0.383 e. The first-order valence-corrected chi connectivity index (χ1v) is 6.29. The van der Waals surface area contributed by atoms with Gasteiger partial charge in [0.15, 0.2) is 0 Å². The molecule has 0 saturated carbocycles. The van der Waals surface area contributed by atoms with Crippen molar-refractivity contribution in [2.24, 2.45) is 0 Å². The number of hydrogen-bond donors (Lipinski definition) is 1. The average Bonchev–Trinajstić information content (AvgIpc) is 2.68. The van der Waals surface area contributed by atoms with Gasteiger partial charge in [-0.3, -0.25) is 0 Å². The van der Waals surface area contributed by atoms with Crippen molar-refractivity contribution in [1.82, 2.24) is 9.59 Å². The largest absolute Gasteiger partial charge is 0.383 e. The SMILES string of the molecule is OC(C1=CCCCCCC1)c1cnns1. The molecule has 4 heteroatoms. The summed E-state index contributed by atoms with van der Waals surface area (Å²) in [5.41, 5.74) is 1.15. The van der Waals surface area contributed by atoms with Gasteiger partial charge in [-0.2, -0.15) is 0 Å². The lowest BCUT2D eigenvalue weighted by Crippen LogP contribution is -2.01. The number of rotatable bonds is 2. The number of nitrogens with zero attached hydrogens (tertiary/aromatic N) is 2. The number of hydrogen-bond acceptors (Lipinski definition) is 4. The molecule has 15 heavy (non-hydrogen) atoms. The third-order valence-electron chi connectivity index (χ3n) is 2.83. The molecule has 0 fully saturated rings. The fraction of sp³-hybridized carbons (Fsp3) is 0.636. The summed E-state index contributed by atoms with van der Waals surface area (Å²) in [6.07, 6.45) is 10.5. The first kappa shape index (κ1) is 10.8. The van der Waals surface area contributed by atoms with Crippen LogP contribution in [0.5, 0.6) is 0 Å². The molecular weight excluding hydrogens is 208 g/mol. The Bertz CT molecular complexity index is 321. The Morgan fingerprint density at radius 3 is 2.93 bits per heavy atom. The van der Waals surface area contributed by atoms with Crippen LogP contribution in [0.4, 0.5) is 0 Å². The first-order valence-electron chi connectivity index (χ1n) is 5.52. The smallest absolute Gasteiger partial charge is 0.112 e. The summed E-state index contributed by atoms with van der Waals surface area (Å²) in [5.74, 6) is 0. The summed E-state index contributed by atoms with van der Waals surface area (Å²) < 4.78 is 3.78. The van der Waals surface area contributed by atoms with Gasteiger partial charge in [-0.05, 0) is 42.8 Å². The Kier molecular flexibility index (Phi) is 3.86. The normalized spacial score (nSPS) is 20.2. The molecule has 1 atom stereocenters. The van der Waals surface area contributed by atoms with E-state index in [4.69, 9.17) is 0 Å². The molecule has 0 aliphatic heterocycles. The van der Waals surface area contributed by atoms with Crippen LogP contribution in [0.2, 0.25) is 0 Å². The van der Waals surface area contributed by atoms with E-state index in [9.17, 15) is 5.11 Å². The summed E-state index contributed by atoms with van der Waals surface area (Å²) in [6.45, 7) is 0. The van der Waals surface area contributed by atoms with E-state index in [1.165, 1.54) is 37.2 Å². The minimum atomic E-state index is -0.469. The van der Waals surface area contributed by atoms with Gasteiger partial charge in [0.05, 0.1) is 11.1 Å². The highest BCUT2D eigenvalue weighted by atomic mass is 32.1. The molecule has 1 heterocycles. The van der Waals surface area contributed by atoms with Gasteiger partial charge >= 0.3 is 0 Å². The van der Waals surface area contributed by atoms with Crippen molar-refractivity contribution >= 4 is 11.5 Å². The Labute approximate surface area is 94.0 Å². The van der Waals surface area contributed by atoms with E-state index < -0.39 is 6.10 Å². The maximum atomic E-state index is 10.1. The second-order valence-corrected chi connectivity index (χ2v) is 4.77. The molecule has 0 bridgehead atoms. The van der Waals surface area contributed by atoms with Crippen molar-refractivity contribution in [3.63, 3.8) is 0 Å². The number of aliphatic hydroxyl groups is 1. The Morgan fingerprint density at radius 2 is 2.13 bits per heavy atom. The number of allylic oxidation sites excluding steroid dienone is 1. The molecule has 82 valence electrons. The van der Waals surface area contributed by atoms with Crippen LogP contribution in [0, 0.1) is 0 Å². The van der Waals surface area contributed by atoms with Crippen molar-refractivity contribution in [3.8, 4) is 0 Å². The summed E-state index contributed by atoms with van der Waals surface area (Å²) >= 11 is 1.28. The summed E-state index contributed by atoms with van der Waals surface area (Å²) in [6, 6.07) is 0. The van der Waals surface area contributed by atoms with Gasteiger partial charge in [0.25, 0.3) is 0 Å². The topological polar surface area (TPSA) is 46.0 Å². The third kappa shape index (κ3) is 2.86. The molecule has 0 spiro atoms. The van der Waals surface area contributed by atoms with Gasteiger partial charge in [-0.1, -0.05) is 23.4 Å². The zero-order chi connectivity index (χ0) is 10.5. The highest BCUT2D eigenvalue weighted by Crippen LogP contribution is 2.29. The predicted octanol–water partition coefficient (Wildman–Crippen LogP) is 2.85. The standard InChI is InChI=1S/C11H16N2OS/c14-11(10-8-12-13-15-10)9-6-4-2-1-3-5-7-9/h6,8,11,14H,1-5,7H2. The summed E-state index contributed by atoms with van der Waals surface area (Å²) in [4.78, 5) is 0.863. The molecule has 0 amide bonds. The molecule has 0 saturated heterocycles. The molecule has 1 aliphatic carbocycles. The monoisotopic (exact) mass is 224 g/mol. The lowest BCUT2D eigenvalue weighted by atomic mass is 9.96. The van der Waals surface area contributed by atoms with Crippen LogP contribution in [-0.4, -0.2) is 14.7 Å². The van der Waals surface area contributed by atoms with Crippen LogP contribution in [-0.2, 0) is 0 Å². The number of aromatic nitrogens is 2. The lowest BCUT2D eigenvalue weighted by molar-refractivity contribution is 0.213. The van der Waals surface area contributed by atoms with Gasteiger partial charge in [0, 0.05) is 0 Å². The minimum absolute atomic E-state index is 0.469. The van der Waals surface area contributed by atoms with Crippen LogP contribution in [0.1, 0.15) is 49.5 Å².